The summed E-state index contributed by atoms with van der Waals surface area (Å²) in [5.41, 5.74) is 1.59. The zero-order valence-corrected chi connectivity index (χ0v) is 14.5. The number of carbonyl (C=O) groups is 1. The van der Waals surface area contributed by atoms with Crippen LogP contribution >= 0.6 is 34.5 Å². The Kier molecular flexibility index (Phi) is 4.78. The summed E-state index contributed by atoms with van der Waals surface area (Å²) in [6, 6.07) is 6.52. The third-order valence-electron chi connectivity index (χ3n) is 2.96. The van der Waals surface area contributed by atoms with E-state index in [-0.39, 0.29) is 14.8 Å². The minimum absolute atomic E-state index is 0.153. The first kappa shape index (κ1) is 16.5. The number of Topliss-reactive ketones (excluding diaryl/α,β-unsaturated/α-hetero) is 1. The predicted octanol–water partition coefficient (Wildman–Crippen LogP) is 4.33. The van der Waals surface area contributed by atoms with Crippen molar-refractivity contribution in [3.05, 3.63) is 49.6 Å². The lowest BCUT2D eigenvalue weighted by atomic mass is 10.2. The van der Waals surface area contributed by atoms with Gasteiger partial charge in [-0.2, -0.15) is 0 Å². The highest BCUT2D eigenvalue weighted by Gasteiger charge is 2.24. The zero-order chi connectivity index (χ0) is 15.8. The normalized spacial score (nSPS) is 11.6. The second-order valence-corrected chi connectivity index (χ2v) is 8.93. The number of benzene rings is 1. The highest BCUT2D eigenvalue weighted by Crippen LogP contribution is 2.32. The van der Waals surface area contributed by atoms with Gasteiger partial charge < -0.3 is 0 Å². The number of ketones is 1. The minimum Gasteiger partial charge on any atom is -0.293 e. The molecule has 0 aliphatic heterocycles. The summed E-state index contributed by atoms with van der Waals surface area (Å²) < 4.78 is 25.4. The van der Waals surface area contributed by atoms with Crippen LogP contribution in [0.4, 0.5) is 0 Å². The Balaban J connectivity index is 2.35. The van der Waals surface area contributed by atoms with Gasteiger partial charge in [-0.3, -0.25) is 4.79 Å². The maximum absolute atomic E-state index is 12.4. The molecule has 0 amide bonds. The van der Waals surface area contributed by atoms with Gasteiger partial charge in [-0.15, -0.1) is 11.3 Å². The van der Waals surface area contributed by atoms with E-state index in [2.05, 4.69) is 0 Å². The van der Waals surface area contributed by atoms with Crippen molar-refractivity contribution >= 4 is 50.2 Å². The third kappa shape index (κ3) is 3.66. The molecule has 0 bridgehead atoms. The largest absolute Gasteiger partial charge is 0.293 e. The smallest absolute Gasteiger partial charge is 0.186 e. The van der Waals surface area contributed by atoms with Crippen LogP contribution in [0.1, 0.15) is 21.5 Å². The molecule has 21 heavy (non-hydrogen) atoms. The summed E-state index contributed by atoms with van der Waals surface area (Å²) in [7, 11) is -3.71. The molecule has 2 aromatic rings. The molecule has 3 nitrogen and oxygen atoms in total. The fraction of sp³-hybridized carbons (Fsp3) is 0.214. The predicted molar refractivity (Wildman–Crippen MR) is 86.6 cm³/mol. The lowest BCUT2D eigenvalue weighted by Gasteiger charge is -2.08. The number of hydrogen-bond donors (Lipinski definition) is 0. The van der Waals surface area contributed by atoms with Gasteiger partial charge in [0.2, 0.25) is 0 Å². The molecule has 1 aromatic carbocycles. The maximum atomic E-state index is 12.4. The minimum atomic E-state index is -3.71. The van der Waals surface area contributed by atoms with Crippen LogP contribution in [0.15, 0.2) is 29.2 Å². The molecule has 0 aliphatic rings. The van der Waals surface area contributed by atoms with Gasteiger partial charge in [0.1, 0.15) is 10.1 Å². The summed E-state index contributed by atoms with van der Waals surface area (Å²) in [5.74, 6) is -1.17. The van der Waals surface area contributed by atoms with Gasteiger partial charge in [0.15, 0.2) is 15.6 Å². The van der Waals surface area contributed by atoms with Crippen LogP contribution in [0.5, 0.6) is 0 Å². The summed E-state index contributed by atoms with van der Waals surface area (Å²) in [6.07, 6.45) is 0. The zero-order valence-electron chi connectivity index (χ0n) is 11.3. The second kappa shape index (κ2) is 6.08. The van der Waals surface area contributed by atoms with E-state index >= 15 is 0 Å². The molecule has 1 heterocycles. The topological polar surface area (TPSA) is 51.2 Å². The highest BCUT2D eigenvalue weighted by molar-refractivity contribution is 7.92. The quantitative estimate of drug-likeness (QED) is 0.760. The van der Waals surface area contributed by atoms with Gasteiger partial charge in [0.05, 0.1) is 9.23 Å². The first-order chi connectivity index (χ1) is 9.70. The average Bonchev–Trinajstić information content (AvgIpc) is 2.71. The highest BCUT2D eigenvalue weighted by atomic mass is 35.5. The van der Waals surface area contributed by atoms with Gasteiger partial charge >= 0.3 is 0 Å². The monoisotopic (exact) mass is 362 g/mol. The van der Waals surface area contributed by atoms with Gasteiger partial charge in [0, 0.05) is 5.56 Å². The summed E-state index contributed by atoms with van der Waals surface area (Å²) in [4.78, 5) is 12.3. The number of rotatable bonds is 4. The lowest BCUT2D eigenvalue weighted by molar-refractivity contribution is 0.102. The van der Waals surface area contributed by atoms with Crippen molar-refractivity contribution in [2.24, 2.45) is 0 Å². The van der Waals surface area contributed by atoms with E-state index in [1.807, 2.05) is 6.07 Å². The Morgan fingerprint density at radius 2 is 1.86 bits per heavy atom. The van der Waals surface area contributed by atoms with Gasteiger partial charge in [-0.25, -0.2) is 8.42 Å². The van der Waals surface area contributed by atoms with Crippen molar-refractivity contribution in [1.82, 2.24) is 0 Å². The Morgan fingerprint density at radius 1 is 1.19 bits per heavy atom. The summed E-state index contributed by atoms with van der Waals surface area (Å²) in [6.45, 7) is 3.50. The van der Waals surface area contributed by atoms with E-state index in [1.54, 1.807) is 26.0 Å². The number of hydrogen-bond acceptors (Lipinski definition) is 4. The number of sulfone groups is 1. The van der Waals surface area contributed by atoms with E-state index < -0.39 is 21.4 Å². The molecule has 0 atom stereocenters. The van der Waals surface area contributed by atoms with Crippen LogP contribution in [0.3, 0.4) is 0 Å². The molecule has 0 spiro atoms. The standard InChI is InChI=1S/C14H12Cl2O3S2/c1-8-3-4-9(2)12(5-8)21(18,19)7-11(17)10-6-13(15)20-14(10)16/h3-6H,7H2,1-2H3. The van der Waals surface area contributed by atoms with Crippen LogP contribution in [-0.4, -0.2) is 20.0 Å². The van der Waals surface area contributed by atoms with Crippen molar-refractivity contribution in [3.63, 3.8) is 0 Å². The van der Waals surface area contributed by atoms with E-state index in [1.165, 1.54) is 6.07 Å². The summed E-state index contributed by atoms with van der Waals surface area (Å²) in [5, 5.41) is 0. The van der Waals surface area contributed by atoms with E-state index in [0.29, 0.717) is 9.90 Å². The van der Waals surface area contributed by atoms with Crippen molar-refractivity contribution < 1.29 is 13.2 Å². The molecule has 2 rings (SSSR count). The van der Waals surface area contributed by atoms with Crippen molar-refractivity contribution in [2.45, 2.75) is 18.7 Å². The lowest BCUT2D eigenvalue weighted by Crippen LogP contribution is -2.17. The number of halogens is 2. The fourth-order valence-corrected chi connectivity index (χ4v) is 4.98. The molecule has 0 fully saturated rings. The van der Waals surface area contributed by atoms with Crippen molar-refractivity contribution in [3.8, 4) is 0 Å². The maximum Gasteiger partial charge on any atom is 0.186 e. The molecule has 0 unspecified atom stereocenters. The Morgan fingerprint density at radius 3 is 2.43 bits per heavy atom. The molecule has 112 valence electrons. The van der Waals surface area contributed by atoms with E-state index in [0.717, 1.165) is 16.9 Å². The van der Waals surface area contributed by atoms with Gasteiger partial charge in [0.25, 0.3) is 0 Å². The average molecular weight is 363 g/mol. The fourth-order valence-electron chi connectivity index (χ4n) is 1.90. The Bertz CT molecular complexity index is 808. The van der Waals surface area contributed by atoms with Crippen molar-refractivity contribution in [2.75, 3.05) is 5.75 Å². The van der Waals surface area contributed by atoms with Crippen LogP contribution in [-0.2, 0) is 9.84 Å². The first-order valence-corrected chi connectivity index (χ1v) is 9.21. The Labute approximate surface area is 137 Å². The molecular formula is C14H12Cl2O3S2. The van der Waals surface area contributed by atoms with Gasteiger partial charge in [-0.1, -0.05) is 35.3 Å². The molecule has 1 aromatic heterocycles. The number of carbonyl (C=O) groups excluding carboxylic acids is 1. The Hall–Kier alpha value is -0.880. The molecule has 0 aliphatic carbocycles. The van der Waals surface area contributed by atoms with Gasteiger partial charge in [-0.05, 0) is 37.1 Å². The SMILES string of the molecule is Cc1ccc(C)c(S(=O)(=O)CC(=O)c2cc(Cl)sc2Cl)c1. The third-order valence-corrected chi connectivity index (χ3v) is 6.20. The molecule has 0 N–H and O–H groups in total. The molecular weight excluding hydrogens is 351 g/mol. The van der Waals surface area contributed by atoms with E-state index in [9.17, 15) is 13.2 Å². The summed E-state index contributed by atoms with van der Waals surface area (Å²) >= 11 is 12.7. The molecule has 7 heteroatoms. The van der Waals surface area contributed by atoms with Crippen LogP contribution in [0.2, 0.25) is 8.67 Å². The molecule has 0 saturated carbocycles. The van der Waals surface area contributed by atoms with Crippen molar-refractivity contribution in [1.29, 1.82) is 0 Å². The first-order valence-electron chi connectivity index (χ1n) is 5.99. The number of thiophene rings is 1. The molecule has 0 saturated heterocycles. The van der Waals surface area contributed by atoms with Crippen LogP contribution in [0, 0.1) is 13.8 Å². The second-order valence-electron chi connectivity index (χ2n) is 4.69. The van der Waals surface area contributed by atoms with E-state index in [4.69, 9.17) is 23.2 Å². The van der Waals surface area contributed by atoms with Crippen LogP contribution < -0.4 is 0 Å². The van der Waals surface area contributed by atoms with Crippen LogP contribution in [0.25, 0.3) is 0 Å². The number of aryl methyl sites for hydroxylation is 2. The molecule has 0 radical (unpaired) electrons.